The number of sulfone groups is 1. The molecule has 0 heterocycles. The first-order chi connectivity index (χ1) is 18.3. The van der Waals surface area contributed by atoms with Crippen LogP contribution in [0.15, 0.2) is 65.6 Å². The van der Waals surface area contributed by atoms with Gasteiger partial charge in [0.25, 0.3) is 0 Å². The molecule has 3 rings (SSSR count). The van der Waals surface area contributed by atoms with Crippen LogP contribution in [0.25, 0.3) is 0 Å². The van der Waals surface area contributed by atoms with Crippen molar-refractivity contribution in [2.75, 3.05) is 26.0 Å². The van der Waals surface area contributed by atoms with Gasteiger partial charge in [0.2, 0.25) is 0 Å². The van der Waals surface area contributed by atoms with Crippen LogP contribution in [-0.2, 0) is 29.0 Å². The molecular formula is C28H30ClF4NO4S. The Morgan fingerprint density at radius 1 is 1.05 bits per heavy atom. The minimum absolute atomic E-state index is 0.0184. The molecular weight excluding hydrogens is 558 g/mol. The number of hydrogen-bond donors (Lipinski definition) is 1. The highest BCUT2D eigenvalue weighted by atomic mass is 35.5. The largest absolute Gasteiger partial charge is 0.494 e. The summed E-state index contributed by atoms with van der Waals surface area (Å²) in [6.07, 6.45) is -3.48. The van der Waals surface area contributed by atoms with Gasteiger partial charge >= 0.3 is 6.18 Å². The first-order valence-electron chi connectivity index (χ1n) is 12.2. The minimum Gasteiger partial charge on any atom is -0.494 e. The van der Waals surface area contributed by atoms with Crippen LogP contribution in [0.2, 0.25) is 5.02 Å². The number of rotatable bonds is 12. The molecule has 0 bridgehead atoms. The van der Waals surface area contributed by atoms with Crippen molar-refractivity contribution in [2.24, 2.45) is 0 Å². The standard InChI is InChI=1S/C28H30ClF4NO4S/c1-19(35)24-12-11-23(17-26(24)39(2,36)37)38-16-4-14-34(15-13-20-7-9-22(30)10-8-20)18-21-5-3-6-25(27(21)29)28(31,32)33/h3,5-12,17,19,35H,4,13-16,18H2,1-2H3. The molecule has 0 saturated heterocycles. The van der Waals surface area contributed by atoms with E-state index in [4.69, 9.17) is 16.3 Å². The van der Waals surface area contributed by atoms with Crippen molar-refractivity contribution >= 4 is 21.4 Å². The average Bonchev–Trinajstić information content (AvgIpc) is 2.85. The maximum atomic E-state index is 13.4. The summed E-state index contributed by atoms with van der Waals surface area (Å²) in [6, 6.07) is 14.3. The van der Waals surface area contributed by atoms with Crippen molar-refractivity contribution < 1.29 is 35.8 Å². The molecule has 11 heteroatoms. The van der Waals surface area contributed by atoms with E-state index in [1.54, 1.807) is 24.3 Å². The zero-order chi connectivity index (χ0) is 28.8. The van der Waals surface area contributed by atoms with E-state index in [-0.39, 0.29) is 34.5 Å². The van der Waals surface area contributed by atoms with Crippen LogP contribution in [0.1, 0.15) is 41.7 Å². The Morgan fingerprint density at radius 2 is 1.74 bits per heavy atom. The highest BCUT2D eigenvalue weighted by Gasteiger charge is 2.34. The molecule has 39 heavy (non-hydrogen) atoms. The Bertz CT molecular complexity index is 1360. The van der Waals surface area contributed by atoms with Crippen LogP contribution in [0.3, 0.4) is 0 Å². The third kappa shape index (κ3) is 8.93. The first kappa shape index (κ1) is 30.9. The molecule has 0 spiro atoms. The van der Waals surface area contributed by atoms with Gasteiger partial charge in [-0.15, -0.1) is 0 Å². The fourth-order valence-electron chi connectivity index (χ4n) is 4.12. The van der Waals surface area contributed by atoms with E-state index in [2.05, 4.69) is 0 Å². The minimum atomic E-state index is -4.58. The summed E-state index contributed by atoms with van der Waals surface area (Å²) >= 11 is 6.12. The number of ether oxygens (including phenoxy) is 1. The van der Waals surface area contributed by atoms with Crippen LogP contribution in [-0.4, -0.2) is 44.4 Å². The van der Waals surface area contributed by atoms with E-state index >= 15 is 0 Å². The molecule has 0 radical (unpaired) electrons. The number of nitrogens with zero attached hydrogens (tertiary/aromatic N) is 1. The second-order valence-corrected chi connectivity index (χ2v) is 11.6. The van der Waals surface area contributed by atoms with Gasteiger partial charge in [0, 0.05) is 25.9 Å². The second kappa shape index (κ2) is 13.1. The van der Waals surface area contributed by atoms with Gasteiger partial charge in [-0.05, 0) is 66.8 Å². The van der Waals surface area contributed by atoms with Crippen LogP contribution in [0, 0.1) is 5.82 Å². The number of aliphatic hydroxyl groups is 1. The summed E-state index contributed by atoms with van der Waals surface area (Å²) in [5.74, 6) is -0.0392. The van der Waals surface area contributed by atoms with Crippen LogP contribution in [0.4, 0.5) is 17.6 Å². The smallest absolute Gasteiger partial charge is 0.417 e. The van der Waals surface area contributed by atoms with Crippen molar-refractivity contribution in [3.05, 3.63) is 93.8 Å². The van der Waals surface area contributed by atoms with Crippen LogP contribution < -0.4 is 4.74 Å². The molecule has 0 fully saturated rings. The van der Waals surface area contributed by atoms with E-state index in [0.717, 1.165) is 17.9 Å². The van der Waals surface area contributed by atoms with Gasteiger partial charge in [0.15, 0.2) is 9.84 Å². The summed E-state index contributed by atoms with van der Waals surface area (Å²) < 4.78 is 83.4. The lowest BCUT2D eigenvalue weighted by Crippen LogP contribution is -2.28. The zero-order valence-electron chi connectivity index (χ0n) is 21.5. The Kier molecular flexibility index (Phi) is 10.4. The summed E-state index contributed by atoms with van der Waals surface area (Å²) in [6.45, 7) is 2.76. The molecule has 0 aromatic heterocycles. The third-order valence-corrected chi connectivity index (χ3v) is 7.73. The zero-order valence-corrected chi connectivity index (χ0v) is 23.1. The SMILES string of the molecule is CC(O)c1ccc(OCCCN(CCc2ccc(F)cc2)Cc2cccc(C(F)(F)F)c2Cl)cc1S(C)(=O)=O. The lowest BCUT2D eigenvalue weighted by atomic mass is 10.1. The lowest BCUT2D eigenvalue weighted by molar-refractivity contribution is -0.137. The lowest BCUT2D eigenvalue weighted by Gasteiger charge is -2.24. The van der Waals surface area contributed by atoms with Crippen molar-refractivity contribution in [1.82, 2.24) is 4.90 Å². The van der Waals surface area contributed by atoms with Crippen molar-refractivity contribution in [1.29, 1.82) is 0 Å². The van der Waals surface area contributed by atoms with Crippen molar-refractivity contribution in [2.45, 2.75) is 43.5 Å². The summed E-state index contributed by atoms with van der Waals surface area (Å²) in [5, 5.41) is 9.53. The highest BCUT2D eigenvalue weighted by molar-refractivity contribution is 7.90. The molecule has 1 N–H and O–H groups in total. The molecule has 0 aliphatic rings. The van der Waals surface area contributed by atoms with Crippen molar-refractivity contribution in [3.8, 4) is 5.75 Å². The Morgan fingerprint density at radius 3 is 2.36 bits per heavy atom. The number of aliphatic hydroxyl groups excluding tert-OH is 1. The predicted molar refractivity (Wildman–Crippen MR) is 142 cm³/mol. The first-order valence-corrected chi connectivity index (χ1v) is 14.5. The maximum absolute atomic E-state index is 13.4. The maximum Gasteiger partial charge on any atom is 0.417 e. The Hall–Kier alpha value is -2.66. The normalized spacial score (nSPS) is 13.1. The van der Waals surface area contributed by atoms with Crippen LogP contribution >= 0.6 is 11.6 Å². The topological polar surface area (TPSA) is 66.8 Å². The summed E-state index contributed by atoms with van der Waals surface area (Å²) in [7, 11) is -3.60. The van der Waals surface area contributed by atoms with Gasteiger partial charge in [-0.1, -0.05) is 41.9 Å². The Balaban J connectivity index is 1.71. The molecule has 1 atom stereocenters. The van der Waals surface area contributed by atoms with Gasteiger partial charge in [0.1, 0.15) is 11.6 Å². The van der Waals surface area contributed by atoms with Gasteiger partial charge in [0.05, 0.1) is 28.2 Å². The van der Waals surface area contributed by atoms with Crippen LogP contribution in [0.5, 0.6) is 5.75 Å². The number of alkyl halides is 3. The molecule has 5 nitrogen and oxygen atoms in total. The van der Waals surface area contributed by atoms with E-state index in [0.29, 0.717) is 37.2 Å². The fraction of sp³-hybridized carbons (Fsp3) is 0.357. The number of hydrogen-bond acceptors (Lipinski definition) is 5. The quantitative estimate of drug-likeness (QED) is 0.194. The van der Waals surface area contributed by atoms with Crippen molar-refractivity contribution in [3.63, 3.8) is 0 Å². The van der Waals surface area contributed by atoms with Gasteiger partial charge in [-0.3, -0.25) is 4.90 Å². The second-order valence-electron chi connectivity index (χ2n) is 9.28. The van der Waals surface area contributed by atoms with E-state index in [9.17, 15) is 31.1 Å². The molecule has 3 aromatic carbocycles. The number of halogens is 5. The molecule has 1 unspecified atom stereocenters. The Labute approximate surface area is 230 Å². The molecule has 0 amide bonds. The third-order valence-electron chi connectivity index (χ3n) is 6.13. The molecule has 212 valence electrons. The summed E-state index contributed by atoms with van der Waals surface area (Å²) in [5.41, 5.74) is 0.581. The molecule has 0 aliphatic heterocycles. The van der Waals surface area contributed by atoms with E-state index in [1.807, 2.05) is 4.90 Å². The average molecular weight is 588 g/mol. The molecule has 3 aromatic rings. The fourth-order valence-corrected chi connectivity index (χ4v) is 5.41. The summed E-state index contributed by atoms with van der Waals surface area (Å²) in [4.78, 5) is 1.92. The predicted octanol–water partition coefficient (Wildman–Crippen LogP) is 6.47. The molecule has 0 saturated carbocycles. The van der Waals surface area contributed by atoms with E-state index < -0.39 is 27.7 Å². The molecule has 0 aliphatic carbocycles. The van der Waals surface area contributed by atoms with Gasteiger partial charge in [-0.25, -0.2) is 12.8 Å². The van der Waals surface area contributed by atoms with Gasteiger partial charge in [-0.2, -0.15) is 13.2 Å². The highest BCUT2D eigenvalue weighted by Crippen LogP contribution is 2.36. The number of benzene rings is 3. The van der Waals surface area contributed by atoms with E-state index in [1.165, 1.54) is 37.3 Å². The van der Waals surface area contributed by atoms with Gasteiger partial charge < -0.3 is 9.84 Å². The monoisotopic (exact) mass is 587 g/mol.